The number of nitrogens with one attached hydrogen (secondary N) is 1. The Balaban J connectivity index is 2.25. The summed E-state index contributed by atoms with van der Waals surface area (Å²) in [4.78, 5) is 2.60. The maximum absolute atomic E-state index is 3.64. The van der Waals surface area contributed by atoms with E-state index in [0.29, 0.717) is 6.04 Å². The van der Waals surface area contributed by atoms with E-state index in [0.717, 1.165) is 12.5 Å². The van der Waals surface area contributed by atoms with Crippen molar-refractivity contribution < 1.29 is 0 Å². The van der Waals surface area contributed by atoms with E-state index in [-0.39, 0.29) is 0 Å². The highest BCUT2D eigenvalue weighted by Gasteiger charge is 2.22. The van der Waals surface area contributed by atoms with Gasteiger partial charge in [0.05, 0.1) is 0 Å². The van der Waals surface area contributed by atoms with Gasteiger partial charge in [-0.3, -0.25) is 0 Å². The number of anilines is 1. The smallest absolute Gasteiger partial charge is 0.0414 e. The number of benzene rings is 1. The van der Waals surface area contributed by atoms with Crippen molar-refractivity contribution >= 4 is 5.69 Å². The van der Waals surface area contributed by atoms with Crippen molar-refractivity contribution in [2.24, 2.45) is 5.92 Å². The van der Waals surface area contributed by atoms with Crippen molar-refractivity contribution in [3.8, 4) is 0 Å². The molecule has 1 aromatic carbocycles. The highest BCUT2D eigenvalue weighted by Crippen LogP contribution is 2.33. The lowest BCUT2D eigenvalue weighted by atomic mass is 10.0. The average Bonchev–Trinajstić information content (AvgIpc) is 2.60. The van der Waals surface area contributed by atoms with Crippen molar-refractivity contribution in [3.63, 3.8) is 0 Å². The quantitative estimate of drug-likeness (QED) is 0.861. The molecule has 106 valence electrons. The SMILES string of the molecule is CCNC1CCCN(CC(C)CC)c2ccccc21. The Morgan fingerprint density at radius 3 is 2.84 bits per heavy atom. The fraction of sp³-hybridized carbons (Fsp3) is 0.647. The maximum Gasteiger partial charge on any atom is 0.0414 e. The van der Waals surface area contributed by atoms with Crippen LogP contribution in [0.1, 0.15) is 51.6 Å². The van der Waals surface area contributed by atoms with Gasteiger partial charge in [0.15, 0.2) is 0 Å². The Morgan fingerprint density at radius 1 is 1.32 bits per heavy atom. The Bertz CT molecular complexity index is 389. The molecule has 0 amide bonds. The Labute approximate surface area is 118 Å². The molecule has 0 radical (unpaired) electrons. The fourth-order valence-electron chi connectivity index (χ4n) is 2.99. The van der Waals surface area contributed by atoms with Gasteiger partial charge in [0.25, 0.3) is 0 Å². The topological polar surface area (TPSA) is 15.3 Å². The van der Waals surface area contributed by atoms with E-state index in [1.54, 1.807) is 0 Å². The number of rotatable bonds is 5. The van der Waals surface area contributed by atoms with Gasteiger partial charge in [0, 0.05) is 24.8 Å². The van der Waals surface area contributed by atoms with Gasteiger partial charge in [-0.05, 0) is 36.9 Å². The summed E-state index contributed by atoms with van der Waals surface area (Å²) < 4.78 is 0. The summed E-state index contributed by atoms with van der Waals surface area (Å²) in [6.07, 6.45) is 3.79. The van der Waals surface area contributed by atoms with Gasteiger partial charge in [-0.15, -0.1) is 0 Å². The van der Waals surface area contributed by atoms with Crippen LogP contribution < -0.4 is 10.2 Å². The highest BCUT2D eigenvalue weighted by atomic mass is 15.1. The molecule has 0 saturated carbocycles. The molecule has 2 unspecified atom stereocenters. The molecular formula is C17H28N2. The van der Waals surface area contributed by atoms with Crippen LogP contribution in [0.4, 0.5) is 5.69 Å². The molecule has 1 aromatic rings. The van der Waals surface area contributed by atoms with Crippen molar-refractivity contribution in [2.75, 3.05) is 24.5 Å². The fourth-order valence-corrected chi connectivity index (χ4v) is 2.99. The molecule has 19 heavy (non-hydrogen) atoms. The average molecular weight is 260 g/mol. The third kappa shape index (κ3) is 3.50. The molecule has 1 N–H and O–H groups in total. The van der Waals surface area contributed by atoms with E-state index in [1.165, 1.54) is 43.6 Å². The summed E-state index contributed by atoms with van der Waals surface area (Å²) in [6, 6.07) is 9.49. The summed E-state index contributed by atoms with van der Waals surface area (Å²) in [6.45, 7) is 10.3. The lowest BCUT2D eigenvalue weighted by Gasteiger charge is -2.28. The van der Waals surface area contributed by atoms with Gasteiger partial charge in [0.1, 0.15) is 0 Å². The number of fused-ring (bicyclic) bond motifs is 1. The molecule has 2 rings (SSSR count). The maximum atomic E-state index is 3.64. The van der Waals surface area contributed by atoms with Crippen LogP contribution in [0.25, 0.3) is 0 Å². The van der Waals surface area contributed by atoms with E-state index < -0.39 is 0 Å². The van der Waals surface area contributed by atoms with E-state index in [4.69, 9.17) is 0 Å². The number of hydrogen-bond acceptors (Lipinski definition) is 2. The standard InChI is InChI=1S/C17H28N2/c1-4-14(3)13-19-12-8-10-16(18-5-2)15-9-6-7-11-17(15)19/h6-7,9,11,14,16,18H,4-5,8,10,12-13H2,1-3H3. The first-order valence-electron chi connectivity index (χ1n) is 7.83. The zero-order valence-corrected chi connectivity index (χ0v) is 12.7. The molecule has 0 bridgehead atoms. The van der Waals surface area contributed by atoms with Crippen LogP contribution >= 0.6 is 0 Å². The minimum Gasteiger partial charge on any atom is -0.371 e. The van der Waals surface area contributed by atoms with Gasteiger partial charge < -0.3 is 10.2 Å². The van der Waals surface area contributed by atoms with Crippen LogP contribution in [0.15, 0.2) is 24.3 Å². The Kier molecular flexibility index (Phi) is 5.26. The summed E-state index contributed by atoms with van der Waals surface area (Å²) in [5.74, 6) is 0.767. The molecule has 0 aliphatic carbocycles. The van der Waals surface area contributed by atoms with Crippen LogP contribution in [-0.2, 0) is 0 Å². The highest BCUT2D eigenvalue weighted by molar-refractivity contribution is 5.55. The summed E-state index contributed by atoms with van der Waals surface area (Å²) in [5.41, 5.74) is 2.94. The molecule has 2 atom stereocenters. The van der Waals surface area contributed by atoms with Crippen molar-refractivity contribution in [1.82, 2.24) is 5.32 Å². The molecule has 1 aliphatic rings. The minimum atomic E-state index is 0.531. The molecule has 0 fully saturated rings. The zero-order valence-electron chi connectivity index (χ0n) is 12.7. The molecule has 1 heterocycles. The molecule has 2 heteroatoms. The van der Waals surface area contributed by atoms with Crippen molar-refractivity contribution in [2.45, 2.75) is 46.1 Å². The van der Waals surface area contributed by atoms with Crippen LogP contribution in [0.5, 0.6) is 0 Å². The first kappa shape index (κ1) is 14.4. The molecule has 0 aromatic heterocycles. The van der Waals surface area contributed by atoms with E-state index in [2.05, 4.69) is 55.3 Å². The third-order valence-electron chi connectivity index (χ3n) is 4.25. The largest absolute Gasteiger partial charge is 0.371 e. The number of nitrogens with zero attached hydrogens (tertiary/aromatic N) is 1. The second-order valence-electron chi connectivity index (χ2n) is 5.77. The van der Waals surface area contributed by atoms with E-state index in [9.17, 15) is 0 Å². The second kappa shape index (κ2) is 6.95. The predicted molar refractivity (Wildman–Crippen MR) is 83.8 cm³/mol. The Hall–Kier alpha value is -1.02. The molecule has 0 saturated heterocycles. The Morgan fingerprint density at radius 2 is 2.11 bits per heavy atom. The van der Waals surface area contributed by atoms with Crippen LogP contribution in [0, 0.1) is 5.92 Å². The molecule has 2 nitrogen and oxygen atoms in total. The molecule has 0 spiro atoms. The van der Waals surface area contributed by atoms with E-state index >= 15 is 0 Å². The number of para-hydroxylation sites is 1. The molecular weight excluding hydrogens is 232 g/mol. The first-order chi connectivity index (χ1) is 9.26. The monoisotopic (exact) mass is 260 g/mol. The predicted octanol–water partition coefficient (Wildman–Crippen LogP) is 3.98. The summed E-state index contributed by atoms with van der Waals surface area (Å²) in [5, 5.41) is 3.64. The summed E-state index contributed by atoms with van der Waals surface area (Å²) in [7, 11) is 0. The third-order valence-corrected chi connectivity index (χ3v) is 4.25. The molecule has 1 aliphatic heterocycles. The van der Waals surface area contributed by atoms with Gasteiger partial charge in [-0.25, -0.2) is 0 Å². The van der Waals surface area contributed by atoms with E-state index in [1.807, 2.05) is 0 Å². The van der Waals surface area contributed by atoms with Crippen LogP contribution in [-0.4, -0.2) is 19.6 Å². The lowest BCUT2D eigenvalue weighted by Crippen LogP contribution is -2.29. The van der Waals surface area contributed by atoms with Crippen LogP contribution in [0.3, 0.4) is 0 Å². The zero-order chi connectivity index (χ0) is 13.7. The van der Waals surface area contributed by atoms with Gasteiger partial charge >= 0.3 is 0 Å². The lowest BCUT2D eigenvalue weighted by molar-refractivity contribution is 0.503. The minimum absolute atomic E-state index is 0.531. The number of hydrogen-bond donors (Lipinski definition) is 1. The van der Waals surface area contributed by atoms with Gasteiger partial charge in [-0.1, -0.05) is 45.4 Å². The van der Waals surface area contributed by atoms with Crippen molar-refractivity contribution in [1.29, 1.82) is 0 Å². The normalized spacial score (nSPS) is 20.8. The van der Waals surface area contributed by atoms with Crippen molar-refractivity contribution in [3.05, 3.63) is 29.8 Å². The summed E-state index contributed by atoms with van der Waals surface area (Å²) >= 11 is 0. The van der Waals surface area contributed by atoms with Gasteiger partial charge in [-0.2, -0.15) is 0 Å². The second-order valence-corrected chi connectivity index (χ2v) is 5.77. The van der Waals surface area contributed by atoms with Crippen LogP contribution in [0.2, 0.25) is 0 Å². The first-order valence-corrected chi connectivity index (χ1v) is 7.83. The van der Waals surface area contributed by atoms with Gasteiger partial charge in [0.2, 0.25) is 0 Å².